The highest BCUT2D eigenvalue weighted by molar-refractivity contribution is 6.40. The van der Waals surface area contributed by atoms with Crippen LogP contribution in [0.15, 0.2) is 12.1 Å². The van der Waals surface area contributed by atoms with Crippen molar-refractivity contribution in [3.05, 3.63) is 32.9 Å². The molecule has 2 rings (SSSR count). The molecule has 0 spiro atoms. The van der Waals surface area contributed by atoms with Crippen molar-refractivity contribution in [2.45, 2.75) is 13.2 Å². The number of rotatable bonds is 4. The first-order valence-corrected chi connectivity index (χ1v) is 6.49. The van der Waals surface area contributed by atoms with E-state index < -0.39 is 0 Å². The van der Waals surface area contributed by atoms with Gasteiger partial charge in [-0.1, -0.05) is 34.8 Å². The van der Waals surface area contributed by atoms with Crippen LogP contribution in [0.3, 0.4) is 0 Å². The molecule has 0 aliphatic carbocycles. The number of methoxy groups -OCH3 is 1. The summed E-state index contributed by atoms with van der Waals surface area (Å²) >= 11 is 18.4. The summed E-state index contributed by atoms with van der Waals surface area (Å²) in [5, 5.41) is 11.7. The maximum Gasteiger partial charge on any atom is 0.115 e. The van der Waals surface area contributed by atoms with Gasteiger partial charge in [-0.15, -0.1) is 0 Å². The van der Waals surface area contributed by atoms with Crippen LogP contribution < -0.4 is 0 Å². The number of nitrogens with zero attached hydrogens (tertiary/aromatic N) is 1. The predicted octanol–water partition coefficient (Wildman–Crippen LogP) is 3.74. The second-order valence-electron chi connectivity index (χ2n) is 3.85. The van der Waals surface area contributed by atoms with E-state index in [-0.39, 0.29) is 6.61 Å². The molecular weight excluding hydrogens is 296 g/mol. The van der Waals surface area contributed by atoms with Crippen molar-refractivity contribution in [3.63, 3.8) is 0 Å². The number of aliphatic hydroxyl groups excluding tert-OH is 1. The van der Waals surface area contributed by atoms with E-state index in [2.05, 4.69) is 0 Å². The summed E-state index contributed by atoms with van der Waals surface area (Å²) in [5.74, 6) is 0. The number of aliphatic hydroxyl groups is 1. The summed E-state index contributed by atoms with van der Waals surface area (Å²) in [6, 6.07) is 3.42. The summed E-state index contributed by atoms with van der Waals surface area (Å²) in [4.78, 5) is 0. The summed E-state index contributed by atoms with van der Waals surface area (Å²) in [6.45, 7) is 0.914. The van der Waals surface area contributed by atoms with Crippen LogP contribution in [0.1, 0.15) is 5.56 Å². The third kappa shape index (κ3) is 2.33. The highest BCUT2D eigenvalue weighted by atomic mass is 35.5. The van der Waals surface area contributed by atoms with Crippen molar-refractivity contribution in [1.29, 1.82) is 0 Å². The molecule has 3 nitrogen and oxygen atoms in total. The fraction of sp³-hybridized carbons (Fsp3) is 0.333. The Labute approximate surface area is 120 Å². The van der Waals surface area contributed by atoms with Gasteiger partial charge in [0.2, 0.25) is 0 Å². The molecule has 0 saturated heterocycles. The highest BCUT2D eigenvalue weighted by Crippen LogP contribution is 2.37. The van der Waals surface area contributed by atoms with Crippen LogP contribution in [0.25, 0.3) is 10.9 Å². The predicted molar refractivity (Wildman–Crippen MR) is 74.8 cm³/mol. The van der Waals surface area contributed by atoms with Crippen molar-refractivity contribution in [2.75, 3.05) is 13.7 Å². The molecule has 0 bridgehead atoms. The normalized spacial score (nSPS) is 11.4. The van der Waals surface area contributed by atoms with Crippen LogP contribution in [-0.4, -0.2) is 23.4 Å². The number of hydrogen-bond donors (Lipinski definition) is 1. The van der Waals surface area contributed by atoms with Gasteiger partial charge < -0.3 is 14.4 Å². The molecule has 0 saturated carbocycles. The third-order valence-electron chi connectivity index (χ3n) is 2.79. The Morgan fingerprint density at radius 2 is 2.00 bits per heavy atom. The number of fused-ring (bicyclic) bond motifs is 1. The van der Waals surface area contributed by atoms with E-state index in [4.69, 9.17) is 39.5 Å². The van der Waals surface area contributed by atoms with Crippen LogP contribution in [0, 0.1) is 0 Å². The molecule has 1 heterocycles. The number of ether oxygens (including phenoxy) is 1. The molecule has 0 fully saturated rings. The first-order valence-electron chi connectivity index (χ1n) is 5.35. The lowest BCUT2D eigenvalue weighted by atomic mass is 10.2. The van der Waals surface area contributed by atoms with E-state index in [0.717, 1.165) is 10.9 Å². The van der Waals surface area contributed by atoms with E-state index >= 15 is 0 Å². The minimum atomic E-state index is -0.170. The molecule has 6 heteroatoms. The molecular formula is C12H12Cl3NO2. The van der Waals surface area contributed by atoms with Crippen molar-refractivity contribution in [3.8, 4) is 0 Å². The van der Waals surface area contributed by atoms with Gasteiger partial charge >= 0.3 is 0 Å². The molecule has 1 aromatic carbocycles. The zero-order valence-corrected chi connectivity index (χ0v) is 12.0. The summed E-state index contributed by atoms with van der Waals surface area (Å²) in [7, 11) is 1.62. The molecule has 0 atom stereocenters. The maximum atomic E-state index is 9.43. The number of hydrogen-bond acceptors (Lipinski definition) is 2. The molecule has 0 unspecified atom stereocenters. The fourth-order valence-electron chi connectivity index (χ4n) is 1.99. The van der Waals surface area contributed by atoms with Crippen molar-refractivity contribution in [1.82, 2.24) is 4.57 Å². The van der Waals surface area contributed by atoms with E-state index in [1.54, 1.807) is 19.2 Å². The lowest BCUT2D eigenvalue weighted by Crippen LogP contribution is -2.04. The van der Waals surface area contributed by atoms with Gasteiger partial charge in [0.05, 0.1) is 23.8 Å². The summed E-state index contributed by atoms with van der Waals surface area (Å²) < 4.78 is 6.88. The maximum absolute atomic E-state index is 9.43. The van der Waals surface area contributed by atoms with Gasteiger partial charge in [-0.25, -0.2) is 0 Å². The standard InChI is InChI=1S/C12H12Cl3NO2/c1-18-3-2-16-10-5-7(13)4-9(14)11(10)8(6-17)12(16)15/h4-5,17H,2-3,6H2,1H3. The van der Waals surface area contributed by atoms with Gasteiger partial charge in [0.1, 0.15) is 5.15 Å². The van der Waals surface area contributed by atoms with Gasteiger partial charge in [0.25, 0.3) is 0 Å². The molecule has 18 heavy (non-hydrogen) atoms. The Morgan fingerprint density at radius 1 is 1.28 bits per heavy atom. The molecule has 2 aromatic rings. The Bertz CT molecular complexity index is 580. The molecule has 98 valence electrons. The zero-order valence-electron chi connectivity index (χ0n) is 9.71. The van der Waals surface area contributed by atoms with Crippen LogP contribution in [0.4, 0.5) is 0 Å². The average Bonchev–Trinajstić information content (AvgIpc) is 2.59. The minimum Gasteiger partial charge on any atom is -0.392 e. The Balaban J connectivity index is 2.72. The lowest BCUT2D eigenvalue weighted by molar-refractivity contribution is 0.188. The Morgan fingerprint density at radius 3 is 2.61 bits per heavy atom. The van der Waals surface area contributed by atoms with Crippen LogP contribution in [0.5, 0.6) is 0 Å². The molecule has 0 radical (unpaired) electrons. The average molecular weight is 309 g/mol. The van der Waals surface area contributed by atoms with Gasteiger partial charge in [0.15, 0.2) is 0 Å². The summed E-state index contributed by atoms with van der Waals surface area (Å²) in [6.07, 6.45) is 0. The number of halogens is 3. The van der Waals surface area contributed by atoms with E-state index in [9.17, 15) is 5.11 Å². The molecule has 1 aromatic heterocycles. The van der Waals surface area contributed by atoms with E-state index in [1.807, 2.05) is 4.57 Å². The van der Waals surface area contributed by atoms with Gasteiger partial charge in [0, 0.05) is 29.6 Å². The SMILES string of the molecule is COCCn1c(Cl)c(CO)c2c(Cl)cc(Cl)cc21. The molecule has 1 N–H and O–H groups in total. The van der Waals surface area contributed by atoms with Gasteiger partial charge in [-0.2, -0.15) is 0 Å². The van der Waals surface area contributed by atoms with Crippen molar-refractivity contribution < 1.29 is 9.84 Å². The van der Waals surface area contributed by atoms with Gasteiger partial charge in [-0.05, 0) is 12.1 Å². The van der Waals surface area contributed by atoms with Crippen molar-refractivity contribution >= 4 is 45.7 Å². The van der Waals surface area contributed by atoms with E-state index in [0.29, 0.717) is 33.9 Å². The van der Waals surface area contributed by atoms with Gasteiger partial charge in [-0.3, -0.25) is 0 Å². The number of aromatic nitrogens is 1. The fourth-order valence-corrected chi connectivity index (χ4v) is 2.92. The highest BCUT2D eigenvalue weighted by Gasteiger charge is 2.18. The third-order valence-corrected chi connectivity index (χ3v) is 3.74. The molecule has 0 amide bonds. The first-order chi connectivity index (χ1) is 8.60. The largest absolute Gasteiger partial charge is 0.392 e. The van der Waals surface area contributed by atoms with Crippen LogP contribution in [-0.2, 0) is 17.9 Å². The number of benzene rings is 1. The lowest BCUT2D eigenvalue weighted by Gasteiger charge is -2.06. The Kier molecular flexibility index (Phi) is 4.41. The first kappa shape index (κ1) is 14.0. The second kappa shape index (κ2) is 5.68. The van der Waals surface area contributed by atoms with E-state index in [1.165, 1.54) is 0 Å². The molecule has 0 aliphatic rings. The van der Waals surface area contributed by atoms with Crippen LogP contribution >= 0.6 is 34.8 Å². The smallest absolute Gasteiger partial charge is 0.115 e. The van der Waals surface area contributed by atoms with Crippen LogP contribution in [0.2, 0.25) is 15.2 Å². The quantitative estimate of drug-likeness (QED) is 0.933. The summed E-state index contributed by atoms with van der Waals surface area (Å²) in [5.41, 5.74) is 1.42. The second-order valence-corrected chi connectivity index (χ2v) is 5.06. The topological polar surface area (TPSA) is 34.4 Å². The Hall–Kier alpha value is -0.450. The monoisotopic (exact) mass is 307 g/mol. The zero-order chi connectivity index (χ0) is 13.3. The molecule has 0 aliphatic heterocycles. The van der Waals surface area contributed by atoms with Crippen molar-refractivity contribution in [2.24, 2.45) is 0 Å². The minimum absolute atomic E-state index is 0.170.